The average molecular weight is 176 g/mol. The number of fused-ring (bicyclic) bond motifs is 1. The van der Waals surface area contributed by atoms with Crippen molar-refractivity contribution in [1.29, 1.82) is 0 Å². The predicted molar refractivity (Wildman–Crippen MR) is 50.2 cm³/mol. The molecule has 0 unspecified atom stereocenters. The fourth-order valence-electron chi connectivity index (χ4n) is 1.64. The molecule has 1 aromatic rings. The van der Waals surface area contributed by atoms with Crippen LogP contribution in [0.5, 0.6) is 0 Å². The van der Waals surface area contributed by atoms with Crippen molar-refractivity contribution in [3.63, 3.8) is 0 Å². The largest absolute Gasteiger partial charge is 0.274 e. The van der Waals surface area contributed by atoms with Crippen LogP contribution in [0.2, 0.25) is 0 Å². The number of benzene rings is 1. The maximum atomic E-state index is 11.7. The SMILES string of the molecule is CNN1CCc2ccccc2C1=O. The van der Waals surface area contributed by atoms with Gasteiger partial charge in [0.1, 0.15) is 0 Å². The Labute approximate surface area is 77.3 Å². The summed E-state index contributed by atoms with van der Waals surface area (Å²) in [7, 11) is 1.77. The lowest BCUT2D eigenvalue weighted by Crippen LogP contribution is -2.44. The van der Waals surface area contributed by atoms with Gasteiger partial charge in [-0.3, -0.25) is 9.80 Å². The molecule has 13 heavy (non-hydrogen) atoms. The third-order valence-corrected chi connectivity index (χ3v) is 2.37. The molecule has 1 aliphatic heterocycles. The van der Waals surface area contributed by atoms with E-state index in [-0.39, 0.29) is 5.91 Å². The van der Waals surface area contributed by atoms with Crippen LogP contribution < -0.4 is 5.43 Å². The van der Waals surface area contributed by atoms with Crippen molar-refractivity contribution in [1.82, 2.24) is 10.4 Å². The van der Waals surface area contributed by atoms with Crippen LogP contribution in [-0.4, -0.2) is 24.5 Å². The molecule has 1 heterocycles. The summed E-state index contributed by atoms with van der Waals surface area (Å²) in [6.45, 7) is 0.756. The number of hydrazine groups is 1. The maximum absolute atomic E-state index is 11.7. The van der Waals surface area contributed by atoms with Gasteiger partial charge in [0.15, 0.2) is 0 Å². The van der Waals surface area contributed by atoms with Crippen molar-refractivity contribution in [2.24, 2.45) is 0 Å². The summed E-state index contributed by atoms with van der Waals surface area (Å²) in [6.07, 6.45) is 0.933. The van der Waals surface area contributed by atoms with Gasteiger partial charge in [0, 0.05) is 19.2 Å². The van der Waals surface area contributed by atoms with Crippen LogP contribution >= 0.6 is 0 Å². The Hall–Kier alpha value is -1.35. The molecule has 0 atom stereocenters. The summed E-state index contributed by atoms with van der Waals surface area (Å²) in [4.78, 5) is 11.7. The van der Waals surface area contributed by atoms with Crippen LogP contribution in [0.3, 0.4) is 0 Å². The van der Waals surface area contributed by atoms with Gasteiger partial charge in [0.25, 0.3) is 5.91 Å². The highest BCUT2D eigenvalue weighted by Gasteiger charge is 2.22. The van der Waals surface area contributed by atoms with Gasteiger partial charge in [-0.25, -0.2) is 5.43 Å². The van der Waals surface area contributed by atoms with E-state index < -0.39 is 0 Å². The molecule has 0 radical (unpaired) electrons. The van der Waals surface area contributed by atoms with Gasteiger partial charge in [0.2, 0.25) is 0 Å². The average Bonchev–Trinajstić information content (AvgIpc) is 2.19. The minimum atomic E-state index is 0.0735. The molecule has 0 saturated carbocycles. The second-order valence-corrected chi connectivity index (χ2v) is 3.09. The number of carbonyl (C=O) groups excluding carboxylic acids is 1. The van der Waals surface area contributed by atoms with E-state index in [0.29, 0.717) is 0 Å². The number of hydrogen-bond donors (Lipinski definition) is 1. The minimum absolute atomic E-state index is 0.0735. The number of rotatable bonds is 1. The standard InChI is InChI=1S/C10H12N2O/c1-11-12-7-6-8-4-2-3-5-9(8)10(12)13/h2-5,11H,6-7H2,1H3. The van der Waals surface area contributed by atoms with E-state index in [1.807, 2.05) is 24.3 Å². The van der Waals surface area contributed by atoms with Crippen LogP contribution in [0.25, 0.3) is 0 Å². The van der Waals surface area contributed by atoms with Crippen molar-refractivity contribution in [3.8, 4) is 0 Å². The molecular weight excluding hydrogens is 164 g/mol. The minimum Gasteiger partial charge on any atom is -0.274 e. The maximum Gasteiger partial charge on any atom is 0.268 e. The molecule has 1 N–H and O–H groups in total. The lowest BCUT2D eigenvalue weighted by atomic mass is 10.0. The second-order valence-electron chi connectivity index (χ2n) is 3.09. The summed E-state index contributed by atoms with van der Waals surface area (Å²) in [5, 5.41) is 1.64. The summed E-state index contributed by atoms with van der Waals surface area (Å²) >= 11 is 0. The van der Waals surface area contributed by atoms with Gasteiger partial charge in [-0.05, 0) is 18.1 Å². The Bertz CT molecular complexity index is 335. The molecule has 0 aliphatic carbocycles. The lowest BCUT2D eigenvalue weighted by molar-refractivity contribution is 0.0663. The highest BCUT2D eigenvalue weighted by molar-refractivity contribution is 5.96. The molecule has 0 saturated heterocycles. The Morgan fingerprint density at radius 2 is 2.15 bits per heavy atom. The topological polar surface area (TPSA) is 32.3 Å². The molecule has 3 heteroatoms. The van der Waals surface area contributed by atoms with E-state index in [4.69, 9.17) is 0 Å². The molecule has 0 spiro atoms. The number of hydrogen-bond acceptors (Lipinski definition) is 2. The molecule has 0 aromatic heterocycles. The third-order valence-electron chi connectivity index (χ3n) is 2.37. The Morgan fingerprint density at radius 1 is 1.38 bits per heavy atom. The van der Waals surface area contributed by atoms with Crippen molar-refractivity contribution >= 4 is 5.91 Å². The van der Waals surface area contributed by atoms with Crippen LogP contribution in [0.15, 0.2) is 24.3 Å². The van der Waals surface area contributed by atoms with E-state index >= 15 is 0 Å². The fraction of sp³-hybridized carbons (Fsp3) is 0.300. The quantitative estimate of drug-likeness (QED) is 0.687. The Morgan fingerprint density at radius 3 is 2.92 bits per heavy atom. The van der Waals surface area contributed by atoms with E-state index in [0.717, 1.165) is 24.1 Å². The van der Waals surface area contributed by atoms with Gasteiger partial charge in [-0.15, -0.1) is 0 Å². The Balaban J connectivity index is 2.39. The van der Waals surface area contributed by atoms with Crippen LogP contribution in [-0.2, 0) is 6.42 Å². The van der Waals surface area contributed by atoms with Gasteiger partial charge in [0.05, 0.1) is 0 Å². The fourth-order valence-corrected chi connectivity index (χ4v) is 1.64. The van der Waals surface area contributed by atoms with Gasteiger partial charge < -0.3 is 0 Å². The van der Waals surface area contributed by atoms with Crippen LogP contribution in [0.1, 0.15) is 15.9 Å². The molecule has 2 rings (SSSR count). The van der Waals surface area contributed by atoms with Gasteiger partial charge in [-0.1, -0.05) is 18.2 Å². The number of carbonyl (C=O) groups is 1. The molecule has 1 amide bonds. The first-order valence-electron chi connectivity index (χ1n) is 4.40. The second kappa shape index (κ2) is 3.18. The molecular formula is C10H12N2O. The lowest BCUT2D eigenvalue weighted by Gasteiger charge is -2.27. The zero-order chi connectivity index (χ0) is 9.26. The van der Waals surface area contributed by atoms with Crippen molar-refractivity contribution in [2.45, 2.75) is 6.42 Å². The first-order chi connectivity index (χ1) is 6.33. The normalized spacial score (nSPS) is 15.8. The van der Waals surface area contributed by atoms with Crippen molar-refractivity contribution < 1.29 is 4.79 Å². The van der Waals surface area contributed by atoms with E-state index in [1.54, 1.807) is 12.1 Å². The van der Waals surface area contributed by atoms with Crippen LogP contribution in [0, 0.1) is 0 Å². The van der Waals surface area contributed by atoms with E-state index in [2.05, 4.69) is 5.43 Å². The molecule has 68 valence electrons. The van der Waals surface area contributed by atoms with E-state index in [9.17, 15) is 4.79 Å². The zero-order valence-electron chi connectivity index (χ0n) is 7.58. The first-order valence-corrected chi connectivity index (χ1v) is 4.40. The molecule has 0 fully saturated rings. The predicted octanol–water partition coefficient (Wildman–Crippen LogP) is 0.819. The molecule has 1 aromatic carbocycles. The van der Waals surface area contributed by atoms with Crippen LogP contribution in [0.4, 0.5) is 0 Å². The number of nitrogens with one attached hydrogen (secondary N) is 1. The van der Waals surface area contributed by atoms with Gasteiger partial charge in [-0.2, -0.15) is 0 Å². The summed E-state index contributed by atoms with van der Waals surface area (Å²) in [5.74, 6) is 0.0735. The molecule has 0 bridgehead atoms. The smallest absolute Gasteiger partial charge is 0.268 e. The highest BCUT2D eigenvalue weighted by atomic mass is 16.2. The summed E-state index contributed by atoms with van der Waals surface area (Å²) in [5.41, 5.74) is 4.85. The monoisotopic (exact) mass is 176 g/mol. The summed E-state index contributed by atoms with van der Waals surface area (Å²) < 4.78 is 0. The summed E-state index contributed by atoms with van der Waals surface area (Å²) in [6, 6.07) is 7.76. The number of nitrogens with zero attached hydrogens (tertiary/aromatic N) is 1. The highest BCUT2D eigenvalue weighted by Crippen LogP contribution is 2.16. The zero-order valence-corrected chi connectivity index (χ0v) is 7.58. The Kier molecular flexibility index (Phi) is 2.02. The van der Waals surface area contributed by atoms with Gasteiger partial charge >= 0.3 is 0 Å². The van der Waals surface area contributed by atoms with Crippen molar-refractivity contribution in [3.05, 3.63) is 35.4 Å². The number of amides is 1. The molecule has 3 nitrogen and oxygen atoms in total. The third kappa shape index (κ3) is 1.31. The first kappa shape index (κ1) is 8.26. The van der Waals surface area contributed by atoms with Crippen molar-refractivity contribution in [2.75, 3.05) is 13.6 Å². The van der Waals surface area contributed by atoms with E-state index in [1.165, 1.54) is 0 Å². The molecule has 1 aliphatic rings.